The molecular formula is C22H12F2S. The van der Waals surface area contributed by atoms with E-state index in [9.17, 15) is 8.78 Å². The average Bonchev–Trinajstić information content (AvgIpc) is 2.61. The van der Waals surface area contributed by atoms with Crippen molar-refractivity contribution in [1.82, 2.24) is 0 Å². The van der Waals surface area contributed by atoms with E-state index in [1.807, 2.05) is 18.2 Å². The highest BCUT2D eigenvalue weighted by atomic mass is 32.1. The highest BCUT2D eigenvalue weighted by Gasteiger charge is 2.08. The zero-order valence-corrected chi connectivity index (χ0v) is 13.9. The molecule has 0 aliphatic rings. The van der Waals surface area contributed by atoms with Gasteiger partial charge in [0.05, 0.1) is 5.56 Å². The van der Waals surface area contributed by atoms with Crippen molar-refractivity contribution in [3.05, 3.63) is 101 Å². The SMILES string of the molecule is Fc1cc(C#Cc2ccc(S)cc2)cc(F)c1C#Cc1ccccc1. The van der Waals surface area contributed by atoms with Crippen LogP contribution in [0.4, 0.5) is 8.78 Å². The largest absolute Gasteiger partial charge is 0.205 e. The molecule has 0 N–H and O–H groups in total. The highest BCUT2D eigenvalue weighted by Crippen LogP contribution is 2.15. The number of benzene rings is 3. The Morgan fingerprint density at radius 3 is 1.76 bits per heavy atom. The third-order valence-corrected chi connectivity index (χ3v) is 3.66. The first-order valence-corrected chi connectivity index (χ1v) is 7.94. The third kappa shape index (κ3) is 4.51. The van der Waals surface area contributed by atoms with Crippen LogP contribution in [0, 0.1) is 35.3 Å². The molecule has 0 saturated heterocycles. The van der Waals surface area contributed by atoms with Crippen LogP contribution in [0.25, 0.3) is 0 Å². The summed E-state index contributed by atoms with van der Waals surface area (Å²) < 4.78 is 28.3. The minimum atomic E-state index is -0.724. The van der Waals surface area contributed by atoms with E-state index in [-0.39, 0.29) is 11.1 Å². The molecule has 0 radical (unpaired) electrons. The smallest absolute Gasteiger partial charge is 0.143 e. The minimum absolute atomic E-state index is 0.256. The monoisotopic (exact) mass is 346 g/mol. The van der Waals surface area contributed by atoms with Gasteiger partial charge in [-0.3, -0.25) is 0 Å². The first-order chi connectivity index (χ1) is 12.1. The van der Waals surface area contributed by atoms with Gasteiger partial charge >= 0.3 is 0 Å². The second-order valence-corrected chi connectivity index (χ2v) is 5.74. The third-order valence-electron chi connectivity index (χ3n) is 3.37. The number of hydrogen-bond acceptors (Lipinski definition) is 1. The van der Waals surface area contributed by atoms with Crippen LogP contribution in [0.15, 0.2) is 71.6 Å². The quantitative estimate of drug-likeness (QED) is 0.427. The van der Waals surface area contributed by atoms with Crippen molar-refractivity contribution in [1.29, 1.82) is 0 Å². The van der Waals surface area contributed by atoms with Crippen molar-refractivity contribution in [2.24, 2.45) is 0 Å². The van der Waals surface area contributed by atoms with Crippen molar-refractivity contribution in [3.8, 4) is 23.7 Å². The molecule has 3 heteroatoms. The summed E-state index contributed by atoms with van der Waals surface area (Å²) >= 11 is 4.19. The Kier molecular flexibility index (Phi) is 5.19. The van der Waals surface area contributed by atoms with E-state index in [1.165, 1.54) is 12.1 Å². The van der Waals surface area contributed by atoms with Crippen molar-refractivity contribution in [3.63, 3.8) is 0 Å². The molecule has 0 saturated carbocycles. The average molecular weight is 346 g/mol. The first-order valence-electron chi connectivity index (χ1n) is 7.49. The predicted molar refractivity (Wildman–Crippen MR) is 98.5 cm³/mol. The van der Waals surface area contributed by atoms with Crippen LogP contribution in [0.5, 0.6) is 0 Å². The molecule has 0 spiro atoms. The molecule has 0 heterocycles. The lowest BCUT2D eigenvalue weighted by atomic mass is 10.1. The molecule has 0 aromatic heterocycles. The highest BCUT2D eigenvalue weighted by molar-refractivity contribution is 7.80. The Bertz CT molecular complexity index is 992. The topological polar surface area (TPSA) is 0 Å². The molecule has 25 heavy (non-hydrogen) atoms. The molecule has 0 amide bonds. The van der Waals surface area contributed by atoms with Gasteiger partial charge in [-0.05, 0) is 48.5 Å². The lowest BCUT2D eigenvalue weighted by Crippen LogP contribution is -1.92. The van der Waals surface area contributed by atoms with E-state index in [4.69, 9.17) is 0 Å². The standard InChI is InChI=1S/C22H12F2S/c23-21-14-18(7-6-17-8-11-19(25)12-9-17)15-22(24)20(21)13-10-16-4-2-1-3-5-16/h1-5,8-9,11-12,14-15,25H. The number of halogens is 2. The molecule has 3 aromatic rings. The molecule has 0 fully saturated rings. The van der Waals surface area contributed by atoms with Crippen LogP contribution < -0.4 is 0 Å². The van der Waals surface area contributed by atoms with Gasteiger partial charge in [-0.1, -0.05) is 41.9 Å². The minimum Gasteiger partial charge on any atom is -0.205 e. The summed E-state index contributed by atoms with van der Waals surface area (Å²) in [7, 11) is 0. The maximum atomic E-state index is 14.2. The summed E-state index contributed by atoms with van der Waals surface area (Å²) in [5, 5.41) is 0. The van der Waals surface area contributed by atoms with Crippen molar-refractivity contribution in [2.75, 3.05) is 0 Å². The van der Waals surface area contributed by atoms with Crippen LogP contribution in [0.3, 0.4) is 0 Å². The van der Waals surface area contributed by atoms with E-state index in [1.54, 1.807) is 36.4 Å². The maximum Gasteiger partial charge on any atom is 0.143 e. The molecule has 0 aliphatic carbocycles. The van der Waals surface area contributed by atoms with Crippen LogP contribution in [-0.4, -0.2) is 0 Å². The second-order valence-electron chi connectivity index (χ2n) is 5.23. The van der Waals surface area contributed by atoms with Gasteiger partial charge in [0.15, 0.2) is 0 Å². The van der Waals surface area contributed by atoms with E-state index < -0.39 is 11.6 Å². The summed E-state index contributed by atoms with van der Waals surface area (Å²) in [5.74, 6) is 9.48. The molecule has 0 aliphatic heterocycles. The fraction of sp³-hybridized carbons (Fsp3) is 0. The van der Waals surface area contributed by atoms with Crippen LogP contribution in [0.1, 0.15) is 22.3 Å². The fourth-order valence-corrected chi connectivity index (χ4v) is 2.26. The molecule has 0 bridgehead atoms. The lowest BCUT2D eigenvalue weighted by molar-refractivity contribution is 0.577. The Morgan fingerprint density at radius 2 is 1.12 bits per heavy atom. The van der Waals surface area contributed by atoms with Crippen LogP contribution >= 0.6 is 12.6 Å². The Labute approximate surface area is 150 Å². The van der Waals surface area contributed by atoms with Gasteiger partial charge in [0, 0.05) is 21.6 Å². The van der Waals surface area contributed by atoms with Gasteiger partial charge in [0.25, 0.3) is 0 Å². The Balaban J connectivity index is 1.88. The summed E-state index contributed by atoms with van der Waals surface area (Å²) in [6.45, 7) is 0. The molecule has 0 atom stereocenters. The number of hydrogen-bond donors (Lipinski definition) is 1. The van der Waals surface area contributed by atoms with Crippen LogP contribution in [-0.2, 0) is 0 Å². The molecule has 0 unspecified atom stereocenters. The zero-order chi connectivity index (χ0) is 17.6. The van der Waals surface area contributed by atoms with Gasteiger partial charge in [-0.25, -0.2) is 8.78 Å². The van der Waals surface area contributed by atoms with Gasteiger partial charge in [0.2, 0.25) is 0 Å². The zero-order valence-electron chi connectivity index (χ0n) is 13.1. The normalized spacial score (nSPS) is 9.56. The molecule has 120 valence electrons. The number of thiol groups is 1. The van der Waals surface area contributed by atoms with E-state index >= 15 is 0 Å². The predicted octanol–water partition coefficient (Wildman–Crippen LogP) is 5.05. The second kappa shape index (κ2) is 7.71. The molecule has 3 aromatic carbocycles. The Hall–Kier alpha value is -3.01. The lowest BCUT2D eigenvalue weighted by Gasteiger charge is -1.99. The summed E-state index contributed by atoms with van der Waals surface area (Å²) in [6.07, 6.45) is 0. The Morgan fingerprint density at radius 1 is 0.600 bits per heavy atom. The van der Waals surface area contributed by atoms with Crippen molar-refractivity contribution < 1.29 is 8.78 Å². The van der Waals surface area contributed by atoms with Gasteiger partial charge in [-0.15, -0.1) is 12.6 Å². The van der Waals surface area contributed by atoms with Gasteiger partial charge in [0.1, 0.15) is 11.6 Å². The summed E-state index contributed by atoms with van der Waals surface area (Å²) in [4.78, 5) is 0.823. The van der Waals surface area contributed by atoms with E-state index in [2.05, 4.69) is 36.3 Å². The van der Waals surface area contributed by atoms with Crippen molar-refractivity contribution in [2.45, 2.75) is 4.90 Å². The van der Waals surface area contributed by atoms with Crippen LogP contribution in [0.2, 0.25) is 0 Å². The first kappa shape index (κ1) is 16.8. The van der Waals surface area contributed by atoms with Gasteiger partial charge < -0.3 is 0 Å². The molecule has 0 nitrogen and oxygen atoms in total. The molecular weight excluding hydrogens is 334 g/mol. The van der Waals surface area contributed by atoms with Crippen molar-refractivity contribution >= 4 is 12.6 Å². The molecule has 3 rings (SSSR count). The van der Waals surface area contributed by atoms with E-state index in [0.29, 0.717) is 5.56 Å². The summed E-state index contributed by atoms with van der Waals surface area (Å²) in [5.41, 5.74) is 1.44. The maximum absolute atomic E-state index is 14.2. The summed E-state index contributed by atoms with van der Waals surface area (Å²) in [6, 6.07) is 18.6. The number of rotatable bonds is 0. The van der Waals surface area contributed by atoms with E-state index in [0.717, 1.165) is 10.5 Å². The fourth-order valence-electron chi connectivity index (χ4n) is 2.11. The van der Waals surface area contributed by atoms with Gasteiger partial charge in [-0.2, -0.15) is 0 Å².